The number of aliphatic hydroxyl groups excluding tert-OH is 2. The maximum absolute atomic E-state index is 11.7. The third-order valence-corrected chi connectivity index (χ3v) is 6.28. The number of nitrogens with zero attached hydrogens (tertiary/aromatic N) is 1. The van der Waals surface area contributed by atoms with Gasteiger partial charge >= 0.3 is 11.9 Å². The van der Waals surface area contributed by atoms with Crippen LogP contribution in [0.3, 0.4) is 0 Å². The molecule has 37 heavy (non-hydrogen) atoms. The smallest absolute Gasteiger partial charge is 0.337 e. The maximum atomic E-state index is 11.7. The second kappa shape index (κ2) is 16.7. The first kappa shape index (κ1) is 30.3. The van der Waals surface area contributed by atoms with E-state index in [1.807, 2.05) is 0 Å². The van der Waals surface area contributed by atoms with Crippen LogP contribution in [0.1, 0.15) is 104 Å². The van der Waals surface area contributed by atoms with Gasteiger partial charge < -0.3 is 24.4 Å². The van der Waals surface area contributed by atoms with Gasteiger partial charge in [-0.15, -0.1) is 0 Å². The topological polar surface area (TPSA) is 115 Å². The van der Waals surface area contributed by atoms with Crippen molar-refractivity contribution in [2.75, 3.05) is 20.8 Å². The van der Waals surface area contributed by atoms with Crippen molar-refractivity contribution in [3.63, 3.8) is 0 Å². The molecule has 0 spiro atoms. The van der Waals surface area contributed by atoms with E-state index in [-0.39, 0.29) is 24.5 Å². The Morgan fingerprint density at radius 3 is 2.11 bits per heavy atom. The Bertz CT molecular complexity index is 961. The van der Waals surface area contributed by atoms with Crippen molar-refractivity contribution in [3.8, 4) is 5.75 Å². The number of ether oxygens (including phenoxy) is 3. The first-order valence-corrected chi connectivity index (χ1v) is 13.1. The van der Waals surface area contributed by atoms with Crippen molar-refractivity contribution < 1.29 is 34.0 Å². The molecule has 1 aromatic carbocycles. The zero-order chi connectivity index (χ0) is 27.0. The average Bonchev–Trinajstić information content (AvgIpc) is 2.94. The first-order valence-electron chi connectivity index (χ1n) is 13.1. The van der Waals surface area contributed by atoms with Gasteiger partial charge in [-0.2, -0.15) is 0 Å². The van der Waals surface area contributed by atoms with Crippen molar-refractivity contribution in [1.29, 1.82) is 0 Å². The number of benzene rings is 1. The number of aryl methyl sites for hydroxylation is 1. The number of esters is 2. The average molecular weight is 516 g/mol. The van der Waals surface area contributed by atoms with Gasteiger partial charge in [-0.25, -0.2) is 4.79 Å². The van der Waals surface area contributed by atoms with E-state index in [1.165, 1.54) is 64.9 Å². The largest absolute Gasteiger partial charge is 0.492 e. The van der Waals surface area contributed by atoms with Crippen LogP contribution in [0.15, 0.2) is 36.4 Å². The number of carbonyl (C=O) groups excluding carboxylic acids is 2. The number of hydrogen-bond acceptors (Lipinski definition) is 8. The lowest BCUT2D eigenvalue weighted by molar-refractivity contribution is -0.140. The summed E-state index contributed by atoms with van der Waals surface area (Å²) in [7, 11) is 2.62. The van der Waals surface area contributed by atoms with E-state index in [0.29, 0.717) is 29.2 Å². The lowest BCUT2D eigenvalue weighted by Gasteiger charge is -2.20. The van der Waals surface area contributed by atoms with Gasteiger partial charge in [-0.05, 0) is 36.2 Å². The van der Waals surface area contributed by atoms with E-state index in [1.54, 1.807) is 24.3 Å². The van der Waals surface area contributed by atoms with Crippen LogP contribution in [0.25, 0.3) is 0 Å². The lowest BCUT2D eigenvalue weighted by atomic mass is 10.00. The maximum Gasteiger partial charge on any atom is 0.337 e. The van der Waals surface area contributed by atoms with E-state index in [4.69, 9.17) is 9.47 Å². The van der Waals surface area contributed by atoms with Crippen LogP contribution in [0.2, 0.25) is 0 Å². The summed E-state index contributed by atoms with van der Waals surface area (Å²) in [6.07, 6.45) is 7.39. The Balaban J connectivity index is 2.03. The molecule has 1 aromatic heterocycles. The molecule has 2 aromatic rings. The Labute approximate surface area is 220 Å². The Morgan fingerprint density at radius 2 is 1.49 bits per heavy atom. The highest BCUT2D eigenvalue weighted by Gasteiger charge is 2.23. The highest BCUT2D eigenvalue weighted by Crippen LogP contribution is 2.30. The van der Waals surface area contributed by atoms with E-state index in [2.05, 4.69) is 16.6 Å². The van der Waals surface area contributed by atoms with E-state index < -0.39 is 18.2 Å². The number of aliphatic hydroxyl groups is 2. The summed E-state index contributed by atoms with van der Waals surface area (Å²) in [5, 5.41) is 21.5. The summed E-state index contributed by atoms with van der Waals surface area (Å²) < 4.78 is 15.4. The first-order chi connectivity index (χ1) is 17.9. The minimum Gasteiger partial charge on any atom is -0.492 e. The number of hydrogen-bond donors (Lipinski definition) is 2. The molecular weight excluding hydrogens is 474 g/mol. The van der Waals surface area contributed by atoms with Gasteiger partial charge in [0.1, 0.15) is 18.0 Å². The number of methoxy groups -OCH3 is 2. The minimum atomic E-state index is -1.32. The summed E-state index contributed by atoms with van der Waals surface area (Å²) in [4.78, 5) is 27.9. The second-order valence-corrected chi connectivity index (χ2v) is 9.08. The third kappa shape index (κ3) is 10.1. The second-order valence-electron chi connectivity index (χ2n) is 9.08. The van der Waals surface area contributed by atoms with Gasteiger partial charge in [0.2, 0.25) is 0 Å². The van der Waals surface area contributed by atoms with E-state index in [0.717, 1.165) is 12.8 Å². The Hall–Kier alpha value is -2.97. The molecule has 0 radical (unpaired) electrons. The van der Waals surface area contributed by atoms with Crippen molar-refractivity contribution in [2.45, 2.75) is 83.3 Å². The number of carbonyl (C=O) groups is 2. The molecule has 8 nitrogen and oxygen atoms in total. The van der Waals surface area contributed by atoms with Gasteiger partial charge in [0.15, 0.2) is 0 Å². The molecule has 2 N–H and O–H groups in total. The zero-order valence-corrected chi connectivity index (χ0v) is 22.3. The van der Waals surface area contributed by atoms with Gasteiger partial charge in [0.05, 0.1) is 44.2 Å². The van der Waals surface area contributed by atoms with E-state index in [9.17, 15) is 19.8 Å². The van der Waals surface area contributed by atoms with Crippen LogP contribution in [-0.4, -0.2) is 48.0 Å². The number of aromatic nitrogens is 1. The highest BCUT2D eigenvalue weighted by molar-refractivity contribution is 5.89. The minimum absolute atomic E-state index is 0.120. The normalized spacial score (nSPS) is 12.6. The van der Waals surface area contributed by atoms with Crippen LogP contribution in [0, 0.1) is 0 Å². The van der Waals surface area contributed by atoms with Crippen LogP contribution in [0.5, 0.6) is 5.75 Å². The predicted molar refractivity (Wildman–Crippen MR) is 140 cm³/mol. The quantitative estimate of drug-likeness (QED) is 0.217. The Morgan fingerprint density at radius 1 is 0.838 bits per heavy atom. The molecule has 0 saturated carbocycles. The Kier molecular flexibility index (Phi) is 13.7. The molecule has 0 bridgehead atoms. The molecule has 0 amide bonds. The fourth-order valence-corrected chi connectivity index (χ4v) is 4.00. The zero-order valence-electron chi connectivity index (χ0n) is 22.3. The van der Waals surface area contributed by atoms with Crippen LogP contribution < -0.4 is 4.74 Å². The molecule has 204 valence electrons. The third-order valence-electron chi connectivity index (χ3n) is 6.28. The molecule has 0 fully saturated rings. The van der Waals surface area contributed by atoms with Crippen molar-refractivity contribution in [3.05, 3.63) is 58.9 Å². The van der Waals surface area contributed by atoms with Gasteiger partial charge in [-0.3, -0.25) is 9.78 Å². The van der Waals surface area contributed by atoms with Crippen molar-refractivity contribution in [1.82, 2.24) is 4.98 Å². The molecular formula is C29H41NO7. The van der Waals surface area contributed by atoms with Gasteiger partial charge in [-0.1, -0.05) is 64.0 Å². The summed E-state index contributed by atoms with van der Waals surface area (Å²) in [5.41, 5.74) is 1.54. The molecule has 0 aliphatic rings. The van der Waals surface area contributed by atoms with Crippen molar-refractivity contribution in [2.24, 2.45) is 0 Å². The SMILES string of the molecule is CCCCCCCCCCOc1ccc(C(O)C(O)c2ccc(C(=O)OC)cc2)nc1CCC(=O)OC. The summed E-state index contributed by atoms with van der Waals surface area (Å²) >= 11 is 0. The van der Waals surface area contributed by atoms with Gasteiger partial charge in [0, 0.05) is 6.42 Å². The summed E-state index contributed by atoms with van der Waals surface area (Å²) in [6.45, 7) is 2.76. The molecule has 0 aliphatic heterocycles. The van der Waals surface area contributed by atoms with Crippen LogP contribution in [0.4, 0.5) is 0 Å². The molecule has 2 rings (SSSR count). The van der Waals surface area contributed by atoms with Crippen molar-refractivity contribution >= 4 is 11.9 Å². The molecule has 2 atom stereocenters. The fourth-order valence-electron chi connectivity index (χ4n) is 4.00. The van der Waals surface area contributed by atoms with Crippen LogP contribution in [-0.2, 0) is 20.7 Å². The lowest BCUT2D eigenvalue weighted by Crippen LogP contribution is -2.14. The number of rotatable bonds is 17. The molecule has 2 unspecified atom stereocenters. The van der Waals surface area contributed by atoms with E-state index >= 15 is 0 Å². The predicted octanol–water partition coefficient (Wildman–Crippen LogP) is 5.26. The summed E-state index contributed by atoms with van der Waals surface area (Å²) in [5.74, 6) is -0.298. The fraction of sp³-hybridized carbons (Fsp3) is 0.552. The number of pyridine rings is 1. The molecule has 1 heterocycles. The standard InChI is InChI=1S/C29H41NO7/c1-4-5-6-7-8-9-10-11-20-37-25-18-16-24(30-23(25)17-19-26(31)35-2)28(33)27(32)21-12-14-22(15-13-21)29(34)36-3/h12-16,18,27-28,32-33H,4-11,17,19-20H2,1-3H3. The number of unbranched alkanes of at least 4 members (excludes halogenated alkanes) is 7. The monoisotopic (exact) mass is 515 g/mol. The molecule has 0 aliphatic carbocycles. The van der Waals surface area contributed by atoms with Crippen LogP contribution >= 0.6 is 0 Å². The summed E-state index contributed by atoms with van der Waals surface area (Å²) in [6, 6.07) is 9.49. The van der Waals surface area contributed by atoms with Gasteiger partial charge in [0.25, 0.3) is 0 Å². The molecule has 8 heteroatoms. The molecule has 0 saturated heterocycles. The highest BCUT2D eigenvalue weighted by atomic mass is 16.5.